The third-order valence-electron chi connectivity index (χ3n) is 4.28. The second-order valence-electron chi connectivity index (χ2n) is 5.67. The van der Waals surface area contributed by atoms with E-state index in [0.717, 1.165) is 40.4 Å². The number of para-hydroxylation sites is 1. The van der Waals surface area contributed by atoms with Crippen molar-refractivity contribution >= 4 is 5.91 Å². The zero-order chi connectivity index (χ0) is 16.5. The number of carbonyl (C=O) groups is 1. The largest absolute Gasteiger partial charge is 0.496 e. The first kappa shape index (κ1) is 14.5. The van der Waals surface area contributed by atoms with Crippen LogP contribution in [0.5, 0.6) is 5.75 Å². The van der Waals surface area contributed by atoms with Gasteiger partial charge in [-0.05, 0) is 36.2 Å². The Morgan fingerprint density at radius 1 is 1.17 bits per heavy atom. The van der Waals surface area contributed by atoms with Crippen LogP contribution in [0.15, 0.2) is 54.9 Å². The molecule has 0 atom stereocenters. The van der Waals surface area contributed by atoms with Crippen molar-refractivity contribution in [3.8, 4) is 22.8 Å². The average molecular weight is 319 g/mol. The molecular weight excluding hydrogens is 302 g/mol. The van der Waals surface area contributed by atoms with Gasteiger partial charge >= 0.3 is 0 Å². The van der Waals surface area contributed by atoms with Gasteiger partial charge in [0.1, 0.15) is 11.6 Å². The normalized spacial score (nSPS) is 13.3. The van der Waals surface area contributed by atoms with E-state index in [1.54, 1.807) is 13.3 Å². The molecule has 1 aliphatic rings. The average Bonchev–Trinajstić information content (AvgIpc) is 3.11. The van der Waals surface area contributed by atoms with Gasteiger partial charge in [-0.3, -0.25) is 9.36 Å². The second kappa shape index (κ2) is 5.85. The maximum atomic E-state index is 12.1. The van der Waals surface area contributed by atoms with Crippen LogP contribution in [0.3, 0.4) is 0 Å². The predicted octanol–water partition coefficient (Wildman–Crippen LogP) is 2.83. The monoisotopic (exact) mass is 319 g/mol. The summed E-state index contributed by atoms with van der Waals surface area (Å²) in [5.74, 6) is 1.53. The smallest absolute Gasteiger partial charge is 0.251 e. The summed E-state index contributed by atoms with van der Waals surface area (Å²) in [6.07, 6.45) is 4.51. The minimum Gasteiger partial charge on any atom is -0.496 e. The van der Waals surface area contributed by atoms with Crippen LogP contribution >= 0.6 is 0 Å². The summed E-state index contributed by atoms with van der Waals surface area (Å²) in [6, 6.07) is 13.7. The van der Waals surface area contributed by atoms with E-state index in [1.165, 1.54) is 0 Å². The van der Waals surface area contributed by atoms with Gasteiger partial charge in [0, 0.05) is 30.2 Å². The molecule has 5 heteroatoms. The third kappa shape index (κ3) is 2.34. The lowest BCUT2D eigenvalue weighted by Gasteiger charge is -2.18. The fourth-order valence-corrected chi connectivity index (χ4v) is 3.09. The number of amides is 1. The fourth-order valence-electron chi connectivity index (χ4n) is 3.09. The maximum absolute atomic E-state index is 12.1. The Morgan fingerprint density at radius 2 is 2.04 bits per heavy atom. The van der Waals surface area contributed by atoms with E-state index in [4.69, 9.17) is 4.74 Å². The predicted molar refractivity (Wildman–Crippen MR) is 91.6 cm³/mol. The van der Waals surface area contributed by atoms with E-state index in [9.17, 15) is 4.79 Å². The number of benzene rings is 2. The molecule has 1 aliphatic heterocycles. The van der Waals surface area contributed by atoms with Gasteiger partial charge in [-0.25, -0.2) is 4.98 Å². The van der Waals surface area contributed by atoms with Crippen LogP contribution in [-0.4, -0.2) is 29.1 Å². The van der Waals surface area contributed by atoms with Crippen molar-refractivity contribution in [2.24, 2.45) is 0 Å². The van der Waals surface area contributed by atoms with E-state index < -0.39 is 0 Å². The first-order valence-electron chi connectivity index (χ1n) is 7.86. The standard InChI is InChI=1S/C19H17N3O2/c1-24-17-5-3-2-4-15(17)18-20-10-11-22(18)14-7-6-13-8-9-21-19(23)16(13)12-14/h2-7,10-12H,8-9H2,1H3,(H,21,23). The lowest BCUT2D eigenvalue weighted by Crippen LogP contribution is -2.31. The van der Waals surface area contributed by atoms with Crippen molar-refractivity contribution in [2.45, 2.75) is 6.42 Å². The Morgan fingerprint density at radius 3 is 2.92 bits per heavy atom. The van der Waals surface area contributed by atoms with Crippen LogP contribution < -0.4 is 10.1 Å². The van der Waals surface area contributed by atoms with Gasteiger partial charge in [0.2, 0.25) is 0 Å². The Bertz CT molecular complexity index is 914. The first-order valence-corrected chi connectivity index (χ1v) is 7.86. The number of imidazole rings is 1. The molecule has 0 saturated heterocycles. The Hall–Kier alpha value is -3.08. The fraction of sp³-hybridized carbons (Fsp3) is 0.158. The van der Waals surface area contributed by atoms with Gasteiger partial charge in [0.05, 0.1) is 12.7 Å². The van der Waals surface area contributed by atoms with Gasteiger partial charge in [-0.2, -0.15) is 0 Å². The summed E-state index contributed by atoms with van der Waals surface area (Å²) in [5.41, 5.74) is 3.64. The molecule has 24 heavy (non-hydrogen) atoms. The summed E-state index contributed by atoms with van der Waals surface area (Å²) >= 11 is 0. The van der Waals surface area contributed by atoms with Crippen molar-refractivity contribution in [1.29, 1.82) is 0 Å². The highest BCUT2D eigenvalue weighted by molar-refractivity contribution is 5.97. The lowest BCUT2D eigenvalue weighted by atomic mass is 9.99. The maximum Gasteiger partial charge on any atom is 0.251 e. The number of carbonyl (C=O) groups excluding carboxylic acids is 1. The minimum atomic E-state index is -0.0166. The number of nitrogens with one attached hydrogen (secondary N) is 1. The van der Waals surface area contributed by atoms with E-state index >= 15 is 0 Å². The SMILES string of the molecule is COc1ccccc1-c1nccn1-c1ccc2c(c1)C(=O)NCC2. The van der Waals surface area contributed by atoms with Crippen molar-refractivity contribution in [1.82, 2.24) is 14.9 Å². The van der Waals surface area contributed by atoms with Crippen molar-refractivity contribution in [3.63, 3.8) is 0 Å². The van der Waals surface area contributed by atoms with E-state index in [0.29, 0.717) is 6.54 Å². The molecule has 0 radical (unpaired) electrons. The summed E-state index contributed by atoms with van der Waals surface area (Å²) in [6.45, 7) is 0.697. The molecule has 1 amide bonds. The number of hydrogen-bond acceptors (Lipinski definition) is 3. The summed E-state index contributed by atoms with van der Waals surface area (Å²) < 4.78 is 7.42. The Labute approximate surface area is 139 Å². The van der Waals surface area contributed by atoms with Crippen molar-refractivity contribution < 1.29 is 9.53 Å². The Balaban J connectivity index is 1.84. The van der Waals surface area contributed by atoms with Crippen molar-refractivity contribution in [2.75, 3.05) is 13.7 Å². The second-order valence-corrected chi connectivity index (χ2v) is 5.67. The number of ether oxygens (including phenoxy) is 1. The Kier molecular flexibility index (Phi) is 3.54. The zero-order valence-corrected chi connectivity index (χ0v) is 13.3. The van der Waals surface area contributed by atoms with Crippen LogP contribution in [0.1, 0.15) is 15.9 Å². The quantitative estimate of drug-likeness (QED) is 0.807. The highest BCUT2D eigenvalue weighted by Gasteiger charge is 2.18. The molecular formula is C19H17N3O2. The first-order chi connectivity index (χ1) is 11.8. The lowest BCUT2D eigenvalue weighted by molar-refractivity contribution is 0.0946. The van der Waals surface area contributed by atoms with E-state index in [2.05, 4.69) is 10.3 Å². The summed E-state index contributed by atoms with van der Waals surface area (Å²) in [4.78, 5) is 16.6. The number of nitrogens with zero attached hydrogens (tertiary/aromatic N) is 2. The van der Waals surface area contributed by atoms with Gasteiger partial charge < -0.3 is 10.1 Å². The van der Waals surface area contributed by atoms with Crippen LogP contribution in [0.25, 0.3) is 17.1 Å². The molecule has 0 unspecified atom stereocenters. The third-order valence-corrected chi connectivity index (χ3v) is 4.28. The number of methoxy groups -OCH3 is 1. The molecule has 0 aliphatic carbocycles. The molecule has 2 aromatic carbocycles. The highest BCUT2D eigenvalue weighted by Crippen LogP contribution is 2.30. The van der Waals surface area contributed by atoms with E-state index in [-0.39, 0.29) is 5.91 Å². The molecule has 0 fully saturated rings. The van der Waals surface area contributed by atoms with E-state index in [1.807, 2.05) is 53.2 Å². The number of hydrogen-bond donors (Lipinski definition) is 1. The number of aromatic nitrogens is 2. The molecule has 2 heterocycles. The highest BCUT2D eigenvalue weighted by atomic mass is 16.5. The molecule has 4 rings (SSSR count). The van der Waals surface area contributed by atoms with Crippen LogP contribution in [0.4, 0.5) is 0 Å². The minimum absolute atomic E-state index is 0.0166. The molecule has 0 saturated carbocycles. The van der Waals surface area contributed by atoms with Crippen LogP contribution in [-0.2, 0) is 6.42 Å². The number of fused-ring (bicyclic) bond motifs is 1. The molecule has 120 valence electrons. The van der Waals surface area contributed by atoms with Gasteiger partial charge in [-0.1, -0.05) is 18.2 Å². The molecule has 3 aromatic rings. The molecule has 0 spiro atoms. The number of rotatable bonds is 3. The van der Waals surface area contributed by atoms with Crippen LogP contribution in [0, 0.1) is 0 Å². The topological polar surface area (TPSA) is 56.2 Å². The van der Waals surface area contributed by atoms with Gasteiger partial charge in [-0.15, -0.1) is 0 Å². The van der Waals surface area contributed by atoms with Crippen molar-refractivity contribution in [3.05, 3.63) is 66.0 Å². The molecule has 1 N–H and O–H groups in total. The van der Waals surface area contributed by atoms with Gasteiger partial charge in [0.25, 0.3) is 5.91 Å². The van der Waals surface area contributed by atoms with Crippen LogP contribution in [0.2, 0.25) is 0 Å². The summed E-state index contributed by atoms with van der Waals surface area (Å²) in [7, 11) is 1.65. The summed E-state index contributed by atoms with van der Waals surface area (Å²) in [5, 5.41) is 2.89. The zero-order valence-electron chi connectivity index (χ0n) is 13.3. The molecule has 0 bridgehead atoms. The van der Waals surface area contributed by atoms with Gasteiger partial charge in [0.15, 0.2) is 0 Å². The molecule has 5 nitrogen and oxygen atoms in total. The molecule has 1 aromatic heterocycles.